The highest BCUT2D eigenvalue weighted by Crippen LogP contribution is 2.15. The SMILES string of the molecule is CCCN(CCC)C(=O)c1cccc(NS(=O)(=O)CCC)c1. The zero-order chi connectivity index (χ0) is 16.6. The molecule has 1 N–H and O–H groups in total. The van der Waals surface area contributed by atoms with Crippen molar-refractivity contribution in [2.45, 2.75) is 40.0 Å². The molecule has 0 atom stereocenters. The van der Waals surface area contributed by atoms with E-state index in [4.69, 9.17) is 0 Å². The lowest BCUT2D eigenvalue weighted by atomic mass is 10.1. The molecule has 0 saturated carbocycles. The Morgan fingerprint density at radius 3 is 2.27 bits per heavy atom. The highest BCUT2D eigenvalue weighted by Gasteiger charge is 2.15. The van der Waals surface area contributed by atoms with Gasteiger partial charge in [0, 0.05) is 24.3 Å². The Kier molecular flexibility index (Phi) is 7.38. The molecule has 0 bridgehead atoms. The topological polar surface area (TPSA) is 66.5 Å². The second kappa shape index (κ2) is 8.78. The van der Waals surface area contributed by atoms with Gasteiger partial charge in [0.2, 0.25) is 10.0 Å². The van der Waals surface area contributed by atoms with Crippen LogP contribution in [0.3, 0.4) is 0 Å². The average molecular weight is 326 g/mol. The molecule has 22 heavy (non-hydrogen) atoms. The smallest absolute Gasteiger partial charge is 0.253 e. The number of hydrogen-bond acceptors (Lipinski definition) is 3. The largest absolute Gasteiger partial charge is 0.339 e. The van der Waals surface area contributed by atoms with Crippen molar-refractivity contribution >= 4 is 21.6 Å². The van der Waals surface area contributed by atoms with Gasteiger partial charge in [-0.15, -0.1) is 0 Å². The molecule has 0 fully saturated rings. The molecular formula is C16H26N2O3S. The van der Waals surface area contributed by atoms with Gasteiger partial charge in [-0.1, -0.05) is 26.8 Å². The van der Waals surface area contributed by atoms with E-state index in [0.29, 0.717) is 30.8 Å². The van der Waals surface area contributed by atoms with E-state index in [1.165, 1.54) is 0 Å². The summed E-state index contributed by atoms with van der Waals surface area (Å²) in [4.78, 5) is 14.3. The van der Waals surface area contributed by atoms with Crippen LogP contribution in [-0.4, -0.2) is 38.1 Å². The Bertz CT molecular complexity index is 579. The molecule has 1 rings (SSSR count). The number of hydrogen-bond donors (Lipinski definition) is 1. The maximum Gasteiger partial charge on any atom is 0.253 e. The molecule has 0 saturated heterocycles. The number of carbonyl (C=O) groups is 1. The normalized spacial score (nSPS) is 11.2. The lowest BCUT2D eigenvalue weighted by Crippen LogP contribution is -2.32. The summed E-state index contributed by atoms with van der Waals surface area (Å²) in [5.74, 6) is 0.0171. The van der Waals surface area contributed by atoms with Crippen LogP contribution in [0.15, 0.2) is 24.3 Å². The summed E-state index contributed by atoms with van der Waals surface area (Å²) in [6, 6.07) is 6.69. The zero-order valence-corrected chi connectivity index (χ0v) is 14.4. The Balaban J connectivity index is 2.93. The molecule has 5 nitrogen and oxygen atoms in total. The van der Waals surface area contributed by atoms with E-state index in [1.54, 1.807) is 29.2 Å². The van der Waals surface area contributed by atoms with Crippen LogP contribution in [0.5, 0.6) is 0 Å². The molecule has 0 aliphatic heterocycles. The van der Waals surface area contributed by atoms with Crippen molar-refractivity contribution in [3.05, 3.63) is 29.8 Å². The molecule has 1 amide bonds. The number of sulfonamides is 1. The van der Waals surface area contributed by atoms with Gasteiger partial charge >= 0.3 is 0 Å². The fourth-order valence-corrected chi connectivity index (χ4v) is 3.38. The van der Waals surface area contributed by atoms with E-state index < -0.39 is 10.0 Å². The summed E-state index contributed by atoms with van der Waals surface area (Å²) in [5.41, 5.74) is 0.950. The first kappa shape index (κ1) is 18.5. The number of amides is 1. The number of nitrogens with one attached hydrogen (secondary N) is 1. The standard InChI is InChI=1S/C16H26N2O3S/c1-4-10-18(11-5-2)16(19)14-8-7-9-15(13-14)17-22(20,21)12-6-3/h7-9,13,17H,4-6,10-12H2,1-3H3. The van der Waals surface area contributed by atoms with E-state index >= 15 is 0 Å². The van der Waals surface area contributed by atoms with Gasteiger partial charge in [0.15, 0.2) is 0 Å². The third-order valence-electron chi connectivity index (χ3n) is 3.13. The predicted molar refractivity (Wildman–Crippen MR) is 90.6 cm³/mol. The lowest BCUT2D eigenvalue weighted by Gasteiger charge is -2.21. The van der Waals surface area contributed by atoms with Crippen LogP contribution in [0.4, 0.5) is 5.69 Å². The summed E-state index contributed by atoms with van der Waals surface area (Å²) in [5, 5.41) is 0. The van der Waals surface area contributed by atoms with E-state index in [9.17, 15) is 13.2 Å². The maximum absolute atomic E-state index is 12.5. The molecule has 1 aromatic rings. The first-order valence-electron chi connectivity index (χ1n) is 7.83. The number of benzene rings is 1. The van der Waals surface area contributed by atoms with Crippen molar-refractivity contribution in [2.24, 2.45) is 0 Å². The molecule has 0 spiro atoms. The van der Waals surface area contributed by atoms with Crippen LogP contribution >= 0.6 is 0 Å². The van der Waals surface area contributed by atoms with Crippen molar-refractivity contribution in [3.63, 3.8) is 0 Å². The monoisotopic (exact) mass is 326 g/mol. The zero-order valence-electron chi connectivity index (χ0n) is 13.6. The van der Waals surface area contributed by atoms with Crippen LogP contribution in [0.25, 0.3) is 0 Å². The fraction of sp³-hybridized carbons (Fsp3) is 0.562. The molecule has 0 aliphatic rings. The predicted octanol–water partition coefficient (Wildman–Crippen LogP) is 3.10. The van der Waals surface area contributed by atoms with Crippen LogP contribution in [0, 0.1) is 0 Å². The Morgan fingerprint density at radius 1 is 1.09 bits per heavy atom. The van der Waals surface area contributed by atoms with Crippen molar-refractivity contribution in [1.82, 2.24) is 4.90 Å². The van der Waals surface area contributed by atoms with Gasteiger partial charge in [0.25, 0.3) is 5.91 Å². The average Bonchev–Trinajstić information content (AvgIpc) is 2.46. The molecule has 0 radical (unpaired) electrons. The Hall–Kier alpha value is -1.56. The van der Waals surface area contributed by atoms with Gasteiger partial charge < -0.3 is 4.90 Å². The van der Waals surface area contributed by atoms with Crippen molar-refractivity contribution in [2.75, 3.05) is 23.6 Å². The first-order valence-corrected chi connectivity index (χ1v) is 9.48. The van der Waals surface area contributed by atoms with Crippen LogP contribution < -0.4 is 4.72 Å². The van der Waals surface area contributed by atoms with E-state index in [2.05, 4.69) is 4.72 Å². The van der Waals surface area contributed by atoms with Gasteiger partial charge in [0.05, 0.1) is 5.75 Å². The summed E-state index contributed by atoms with van der Waals surface area (Å²) >= 11 is 0. The fourth-order valence-electron chi connectivity index (χ4n) is 2.25. The summed E-state index contributed by atoms with van der Waals surface area (Å²) in [6.45, 7) is 7.29. The van der Waals surface area contributed by atoms with E-state index in [-0.39, 0.29) is 11.7 Å². The number of nitrogens with zero attached hydrogens (tertiary/aromatic N) is 1. The van der Waals surface area contributed by atoms with Crippen LogP contribution in [0.2, 0.25) is 0 Å². The second-order valence-electron chi connectivity index (χ2n) is 5.29. The molecule has 0 aliphatic carbocycles. The first-order chi connectivity index (χ1) is 10.4. The quantitative estimate of drug-likeness (QED) is 0.758. The summed E-state index contributed by atoms with van der Waals surface area (Å²) in [7, 11) is -3.34. The van der Waals surface area contributed by atoms with Crippen molar-refractivity contribution < 1.29 is 13.2 Å². The van der Waals surface area contributed by atoms with Gasteiger partial charge in [-0.3, -0.25) is 9.52 Å². The molecule has 124 valence electrons. The minimum Gasteiger partial charge on any atom is -0.339 e. The minimum atomic E-state index is -3.34. The van der Waals surface area contributed by atoms with Gasteiger partial charge in [0.1, 0.15) is 0 Å². The third-order valence-corrected chi connectivity index (χ3v) is 4.62. The lowest BCUT2D eigenvalue weighted by molar-refractivity contribution is 0.0755. The molecule has 6 heteroatoms. The van der Waals surface area contributed by atoms with E-state index in [0.717, 1.165) is 12.8 Å². The Labute approximate surface area is 133 Å². The van der Waals surface area contributed by atoms with E-state index in [1.807, 2.05) is 20.8 Å². The maximum atomic E-state index is 12.5. The number of rotatable bonds is 9. The van der Waals surface area contributed by atoms with Gasteiger partial charge in [-0.25, -0.2) is 8.42 Å². The van der Waals surface area contributed by atoms with Crippen molar-refractivity contribution in [1.29, 1.82) is 0 Å². The molecule has 1 aromatic carbocycles. The second-order valence-corrected chi connectivity index (χ2v) is 7.14. The molecule has 0 aromatic heterocycles. The Morgan fingerprint density at radius 2 is 1.73 bits per heavy atom. The highest BCUT2D eigenvalue weighted by molar-refractivity contribution is 7.92. The van der Waals surface area contributed by atoms with Crippen LogP contribution in [0.1, 0.15) is 50.4 Å². The minimum absolute atomic E-state index is 0.0553. The summed E-state index contributed by atoms with van der Waals surface area (Å²) < 4.78 is 26.1. The van der Waals surface area contributed by atoms with Crippen molar-refractivity contribution in [3.8, 4) is 0 Å². The number of carbonyl (C=O) groups excluding carboxylic acids is 1. The van der Waals surface area contributed by atoms with Crippen LogP contribution in [-0.2, 0) is 10.0 Å². The summed E-state index contributed by atoms with van der Waals surface area (Å²) in [6.07, 6.45) is 2.35. The third kappa shape index (κ3) is 5.67. The molecule has 0 unspecified atom stereocenters. The molecular weight excluding hydrogens is 300 g/mol. The molecule has 0 heterocycles. The van der Waals surface area contributed by atoms with Gasteiger partial charge in [-0.2, -0.15) is 0 Å². The number of anilines is 1. The van der Waals surface area contributed by atoms with Gasteiger partial charge in [-0.05, 0) is 37.5 Å². The highest BCUT2D eigenvalue weighted by atomic mass is 32.2.